The quantitative estimate of drug-likeness (QED) is 0.373. The van der Waals surface area contributed by atoms with Crippen LogP contribution in [0.25, 0.3) is 0 Å². The highest BCUT2D eigenvalue weighted by Crippen LogP contribution is 2.43. The van der Waals surface area contributed by atoms with E-state index in [4.69, 9.17) is 9.72 Å². The molecule has 10 heteroatoms. The van der Waals surface area contributed by atoms with Crippen LogP contribution in [-0.4, -0.2) is 72.6 Å². The summed E-state index contributed by atoms with van der Waals surface area (Å²) < 4.78 is 5.82. The Morgan fingerprint density at radius 3 is 2.77 bits per heavy atom. The molecule has 1 saturated heterocycles. The molecule has 1 fully saturated rings. The summed E-state index contributed by atoms with van der Waals surface area (Å²) in [6.07, 6.45) is 7.02. The first-order valence-electron chi connectivity index (χ1n) is 13.6. The number of pyridine rings is 1. The summed E-state index contributed by atoms with van der Waals surface area (Å²) >= 11 is 0. The second kappa shape index (κ2) is 11.1. The maximum absolute atomic E-state index is 12.4. The van der Waals surface area contributed by atoms with Crippen LogP contribution >= 0.6 is 0 Å². The van der Waals surface area contributed by atoms with Crippen molar-refractivity contribution >= 4 is 40.4 Å². The number of benzene rings is 1. The van der Waals surface area contributed by atoms with Crippen LogP contribution in [0, 0.1) is 0 Å². The van der Waals surface area contributed by atoms with E-state index in [-0.39, 0.29) is 11.3 Å². The molecule has 0 aliphatic carbocycles. The second-order valence-corrected chi connectivity index (χ2v) is 11.2. The summed E-state index contributed by atoms with van der Waals surface area (Å²) in [5, 5.41) is 6.33. The summed E-state index contributed by atoms with van der Waals surface area (Å²) in [5.74, 6) is 1.55. The zero-order valence-corrected chi connectivity index (χ0v) is 23.9. The number of anilines is 6. The van der Waals surface area contributed by atoms with Crippen molar-refractivity contribution in [1.29, 1.82) is 0 Å². The van der Waals surface area contributed by atoms with E-state index in [2.05, 4.69) is 75.9 Å². The Labute approximate surface area is 236 Å². The van der Waals surface area contributed by atoms with Gasteiger partial charge in [-0.25, -0.2) is 4.98 Å². The minimum Gasteiger partial charge on any atom is -0.494 e. The number of ether oxygens (including phenoxy) is 1. The lowest BCUT2D eigenvalue weighted by atomic mass is 9.91. The average Bonchev–Trinajstić information content (AvgIpc) is 3.50. The average molecular weight is 543 g/mol. The van der Waals surface area contributed by atoms with E-state index in [0.29, 0.717) is 29.1 Å². The maximum Gasteiger partial charge on any atom is 0.247 e. The fourth-order valence-corrected chi connectivity index (χ4v) is 5.70. The number of amides is 1. The van der Waals surface area contributed by atoms with Crippen molar-refractivity contribution in [2.24, 2.45) is 0 Å². The molecular formula is C30H38N8O2. The fourth-order valence-electron chi connectivity index (χ4n) is 5.70. The highest BCUT2D eigenvalue weighted by molar-refractivity contribution is 6.02. The number of carbonyl (C=O) groups excluding carboxylic acids is 1. The van der Waals surface area contributed by atoms with Gasteiger partial charge in [0.2, 0.25) is 11.9 Å². The monoisotopic (exact) mass is 542 g/mol. The Hall–Kier alpha value is -4.18. The molecular weight excluding hydrogens is 504 g/mol. The molecule has 10 nitrogen and oxygen atoms in total. The van der Waals surface area contributed by atoms with Crippen molar-refractivity contribution in [3.05, 3.63) is 61.1 Å². The molecule has 4 heterocycles. The summed E-state index contributed by atoms with van der Waals surface area (Å²) in [7, 11) is 5.80. The number of hydrogen-bond donors (Lipinski definition) is 2. The summed E-state index contributed by atoms with van der Waals surface area (Å²) in [6, 6.07) is 10.1. The van der Waals surface area contributed by atoms with Gasteiger partial charge in [0.15, 0.2) is 0 Å². The second-order valence-electron chi connectivity index (χ2n) is 11.2. The van der Waals surface area contributed by atoms with Crippen LogP contribution in [0.5, 0.6) is 5.75 Å². The number of likely N-dealkylation sites (N-methyl/N-ethyl adjacent to an activating group) is 1. The number of fused-ring (bicyclic) bond motifs is 1. The van der Waals surface area contributed by atoms with Gasteiger partial charge < -0.3 is 30.1 Å². The first kappa shape index (κ1) is 27.4. The molecule has 2 N–H and O–H groups in total. The standard InChI is InChI=1S/C30H38N8O2/c1-7-27(39)33-21-16-22(25(40-6)17-24(21)37-15-9-10-20(37)18-36(4)5)34-29-32-14-12-26(35-29)38-19-30(2,3)28-23(38)11-8-13-31-28/h7-8,11-14,16-17,20H,1,9-10,15,18-19H2,2-6H3,(H,33,39)(H,32,34,35). The number of methoxy groups -OCH3 is 1. The Morgan fingerprint density at radius 2 is 2.02 bits per heavy atom. The van der Waals surface area contributed by atoms with Gasteiger partial charge in [-0.05, 0) is 57.3 Å². The van der Waals surface area contributed by atoms with E-state index in [1.165, 1.54) is 6.08 Å². The van der Waals surface area contributed by atoms with Crippen LogP contribution in [-0.2, 0) is 10.2 Å². The number of aromatic nitrogens is 3. The normalized spacial score (nSPS) is 17.6. The molecule has 1 unspecified atom stereocenters. The van der Waals surface area contributed by atoms with Gasteiger partial charge in [0.1, 0.15) is 11.6 Å². The zero-order chi connectivity index (χ0) is 28.4. The Morgan fingerprint density at radius 1 is 1.20 bits per heavy atom. The van der Waals surface area contributed by atoms with E-state index in [1.807, 2.05) is 30.5 Å². The lowest BCUT2D eigenvalue weighted by Crippen LogP contribution is -2.38. The number of carbonyl (C=O) groups is 1. The third-order valence-corrected chi connectivity index (χ3v) is 7.46. The molecule has 0 saturated carbocycles. The molecule has 0 spiro atoms. The Bertz CT molecular complexity index is 1410. The molecule has 210 valence electrons. The van der Waals surface area contributed by atoms with Crippen molar-refractivity contribution < 1.29 is 9.53 Å². The van der Waals surface area contributed by atoms with Gasteiger partial charge in [-0.1, -0.05) is 20.4 Å². The molecule has 2 aromatic heterocycles. The van der Waals surface area contributed by atoms with E-state index >= 15 is 0 Å². The minimum absolute atomic E-state index is 0.105. The molecule has 5 rings (SSSR count). The molecule has 1 amide bonds. The van der Waals surface area contributed by atoms with Crippen molar-refractivity contribution in [3.8, 4) is 5.75 Å². The Balaban J connectivity index is 1.49. The van der Waals surface area contributed by atoms with E-state index < -0.39 is 0 Å². The topological polar surface area (TPSA) is 98.8 Å². The third-order valence-electron chi connectivity index (χ3n) is 7.46. The van der Waals surface area contributed by atoms with Gasteiger partial charge in [0.25, 0.3) is 0 Å². The number of nitrogens with zero attached hydrogens (tertiary/aromatic N) is 6. The number of nitrogens with one attached hydrogen (secondary N) is 2. The molecule has 2 aliphatic heterocycles. The molecule has 3 aromatic rings. The van der Waals surface area contributed by atoms with Crippen LogP contribution in [0.2, 0.25) is 0 Å². The highest BCUT2D eigenvalue weighted by Gasteiger charge is 2.37. The van der Waals surface area contributed by atoms with E-state index in [9.17, 15) is 4.79 Å². The van der Waals surface area contributed by atoms with E-state index in [1.54, 1.807) is 13.3 Å². The summed E-state index contributed by atoms with van der Waals surface area (Å²) in [4.78, 5) is 33.1. The van der Waals surface area contributed by atoms with Gasteiger partial charge in [-0.3, -0.25) is 9.78 Å². The van der Waals surface area contributed by atoms with Gasteiger partial charge in [-0.2, -0.15) is 4.98 Å². The SMILES string of the molecule is C=CC(=O)Nc1cc(Nc2nccc(N3CC(C)(C)c4ncccc43)n2)c(OC)cc1N1CCCC1CN(C)C. The summed E-state index contributed by atoms with van der Waals surface area (Å²) in [5.41, 5.74) is 4.24. The van der Waals surface area contributed by atoms with Crippen LogP contribution < -0.4 is 25.2 Å². The van der Waals surface area contributed by atoms with Crippen molar-refractivity contribution in [3.63, 3.8) is 0 Å². The van der Waals surface area contributed by atoms with Gasteiger partial charge >= 0.3 is 0 Å². The lowest BCUT2D eigenvalue weighted by Gasteiger charge is -2.31. The van der Waals surface area contributed by atoms with E-state index in [0.717, 1.165) is 55.4 Å². The number of hydrogen-bond acceptors (Lipinski definition) is 9. The summed E-state index contributed by atoms with van der Waals surface area (Å²) in [6.45, 7) is 10.6. The predicted octanol–water partition coefficient (Wildman–Crippen LogP) is 4.71. The lowest BCUT2D eigenvalue weighted by molar-refractivity contribution is -0.111. The first-order valence-corrected chi connectivity index (χ1v) is 13.6. The van der Waals surface area contributed by atoms with Gasteiger partial charge in [-0.15, -0.1) is 0 Å². The highest BCUT2D eigenvalue weighted by atomic mass is 16.5. The largest absolute Gasteiger partial charge is 0.494 e. The number of rotatable bonds is 9. The molecule has 0 radical (unpaired) electrons. The predicted molar refractivity (Wildman–Crippen MR) is 160 cm³/mol. The fraction of sp³-hybridized carbons (Fsp3) is 0.400. The van der Waals surface area contributed by atoms with Gasteiger partial charge in [0.05, 0.1) is 35.6 Å². The van der Waals surface area contributed by atoms with Crippen molar-refractivity contribution in [2.45, 2.75) is 38.1 Å². The van der Waals surface area contributed by atoms with Crippen LogP contribution in [0.1, 0.15) is 32.4 Å². The molecule has 2 aliphatic rings. The van der Waals surface area contributed by atoms with Crippen molar-refractivity contribution in [2.75, 3.05) is 61.3 Å². The molecule has 1 aromatic carbocycles. The van der Waals surface area contributed by atoms with Crippen LogP contribution in [0.3, 0.4) is 0 Å². The maximum atomic E-state index is 12.4. The third kappa shape index (κ3) is 5.44. The zero-order valence-electron chi connectivity index (χ0n) is 23.9. The minimum atomic E-state index is -0.275. The molecule has 0 bridgehead atoms. The first-order chi connectivity index (χ1) is 19.2. The van der Waals surface area contributed by atoms with Gasteiger partial charge in [0, 0.05) is 49.6 Å². The van der Waals surface area contributed by atoms with Crippen LogP contribution in [0.15, 0.2) is 55.4 Å². The molecule has 1 atom stereocenters. The van der Waals surface area contributed by atoms with Crippen molar-refractivity contribution in [1.82, 2.24) is 19.9 Å². The van der Waals surface area contributed by atoms with Crippen LogP contribution in [0.4, 0.5) is 34.5 Å². The smallest absolute Gasteiger partial charge is 0.247 e. The Kier molecular flexibility index (Phi) is 7.62. The molecule has 40 heavy (non-hydrogen) atoms.